The van der Waals surface area contributed by atoms with E-state index in [4.69, 9.17) is 9.47 Å². The van der Waals surface area contributed by atoms with Crippen LogP contribution in [0.3, 0.4) is 0 Å². The smallest absolute Gasteiger partial charge is 0.407 e. The first kappa shape index (κ1) is 19.5. The number of carboxylic acid groups (broad SMARTS) is 1. The number of amides is 1. The normalized spacial score (nSPS) is 19.8. The lowest BCUT2D eigenvalue weighted by atomic mass is 9.82. The van der Waals surface area contributed by atoms with Crippen molar-refractivity contribution in [3.05, 3.63) is 59.7 Å². The average molecular weight is 395 g/mol. The van der Waals surface area contributed by atoms with E-state index >= 15 is 0 Å². The number of nitrogens with one attached hydrogen (secondary N) is 1. The fourth-order valence-electron chi connectivity index (χ4n) is 4.51. The van der Waals surface area contributed by atoms with Gasteiger partial charge >= 0.3 is 12.1 Å². The Morgan fingerprint density at radius 2 is 1.76 bits per heavy atom. The molecule has 2 unspecified atom stereocenters. The Morgan fingerprint density at radius 3 is 2.31 bits per heavy atom. The van der Waals surface area contributed by atoms with Gasteiger partial charge < -0.3 is 19.9 Å². The molecular formula is C23H25NO5. The molecule has 2 aliphatic rings. The molecule has 6 heteroatoms. The van der Waals surface area contributed by atoms with Crippen LogP contribution in [-0.2, 0) is 14.3 Å². The number of benzene rings is 2. The highest BCUT2D eigenvalue weighted by Crippen LogP contribution is 2.44. The predicted molar refractivity (Wildman–Crippen MR) is 108 cm³/mol. The Balaban J connectivity index is 1.47. The lowest BCUT2D eigenvalue weighted by Crippen LogP contribution is -2.53. The van der Waals surface area contributed by atoms with Crippen molar-refractivity contribution in [3.8, 4) is 11.1 Å². The molecule has 2 atom stereocenters. The third-order valence-electron chi connectivity index (χ3n) is 6.08. The second-order valence-electron chi connectivity index (χ2n) is 8.00. The number of aliphatic carboxylic acids is 1. The Hall–Kier alpha value is -2.86. The second kappa shape index (κ2) is 7.87. The molecule has 152 valence electrons. The summed E-state index contributed by atoms with van der Waals surface area (Å²) in [5.74, 6) is -1.05. The summed E-state index contributed by atoms with van der Waals surface area (Å²) in [4.78, 5) is 24.0. The van der Waals surface area contributed by atoms with Crippen LogP contribution in [0.1, 0.15) is 36.8 Å². The molecule has 1 heterocycles. The van der Waals surface area contributed by atoms with Gasteiger partial charge in [0.25, 0.3) is 0 Å². The van der Waals surface area contributed by atoms with Crippen LogP contribution < -0.4 is 5.32 Å². The van der Waals surface area contributed by atoms with Gasteiger partial charge in [0.1, 0.15) is 6.61 Å². The molecule has 1 amide bonds. The van der Waals surface area contributed by atoms with E-state index in [-0.39, 0.29) is 24.9 Å². The van der Waals surface area contributed by atoms with Crippen LogP contribution in [0.15, 0.2) is 48.5 Å². The lowest BCUT2D eigenvalue weighted by Gasteiger charge is -2.34. The summed E-state index contributed by atoms with van der Waals surface area (Å²) in [6.45, 7) is 2.96. The first-order chi connectivity index (χ1) is 14.0. The number of hydrogen-bond acceptors (Lipinski definition) is 4. The van der Waals surface area contributed by atoms with Crippen molar-refractivity contribution in [2.75, 3.05) is 19.8 Å². The van der Waals surface area contributed by atoms with E-state index in [9.17, 15) is 14.7 Å². The summed E-state index contributed by atoms with van der Waals surface area (Å²) in [5, 5.41) is 12.1. The standard InChI is InChI=1S/C23H25NO5/c1-23(12-21(25)26,15-10-11-28-13-15)24-22(27)29-14-20-18-8-4-2-6-16(18)17-7-3-5-9-19(17)20/h2-9,15,20H,10-14H2,1H3,(H,24,27)(H,25,26). The van der Waals surface area contributed by atoms with Crippen LogP contribution in [0.4, 0.5) is 4.79 Å². The van der Waals surface area contributed by atoms with Crippen molar-refractivity contribution in [2.45, 2.75) is 31.2 Å². The van der Waals surface area contributed by atoms with Crippen molar-refractivity contribution in [1.29, 1.82) is 0 Å². The van der Waals surface area contributed by atoms with Crippen molar-refractivity contribution in [2.24, 2.45) is 5.92 Å². The van der Waals surface area contributed by atoms with Crippen molar-refractivity contribution in [3.63, 3.8) is 0 Å². The minimum Gasteiger partial charge on any atom is -0.481 e. The molecule has 0 spiro atoms. The predicted octanol–water partition coefficient (Wildman–Crippen LogP) is 3.80. The van der Waals surface area contributed by atoms with Gasteiger partial charge in [-0.25, -0.2) is 4.79 Å². The monoisotopic (exact) mass is 395 g/mol. The highest BCUT2D eigenvalue weighted by atomic mass is 16.5. The number of ether oxygens (including phenoxy) is 2. The van der Waals surface area contributed by atoms with Gasteiger partial charge in [-0.2, -0.15) is 0 Å². The number of fused-ring (bicyclic) bond motifs is 3. The highest BCUT2D eigenvalue weighted by molar-refractivity contribution is 5.79. The number of carboxylic acids is 1. The summed E-state index contributed by atoms with van der Waals surface area (Å²) in [6, 6.07) is 16.3. The van der Waals surface area contributed by atoms with Gasteiger partial charge in [-0.15, -0.1) is 0 Å². The molecule has 0 aromatic heterocycles. The van der Waals surface area contributed by atoms with Crippen LogP contribution in [-0.4, -0.2) is 42.5 Å². The van der Waals surface area contributed by atoms with E-state index in [1.165, 1.54) is 0 Å². The van der Waals surface area contributed by atoms with Crippen LogP contribution in [0.2, 0.25) is 0 Å². The van der Waals surface area contributed by atoms with E-state index in [1.54, 1.807) is 6.92 Å². The molecule has 29 heavy (non-hydrogen) atoms. The topological polar surface area (TPSA) is 84.9 Å². The summed E-state index contributed by atoms with van der Waals surface area (Å²) in [6.07, 6.45) is -0.0546. The van der Waals surface area contributed by atoms with E-state index in [0.717, 1.165) is 22.3 Å². The maximum atomic E-state index is 12.6. The molecule has 4 rings (SSSR count). The zero-order chi connectivity index (χ0) is 20.4. The molecule has 1 aliphatic heterocycles. The van der Waals surface area contributed by atoms with Crippen LogP contribution in [0, 0.1) is 5.92 Å². The Kier molecular flexibility index (Phi) is 5.28. The van der Waals surface area contributed by atoms with Crippen molar-refractivity contribution < 1.29 is 24.2 Å². The Bertz CT molecular complexity index is 875. The Labute approximate surface area is 169 Å². The minimum absolute atomic E-state index is 0.0336. The van der Waals surface area contributed by atoms with Crippen LogP contribution in [0.5, 0.6) is 0 Å². The summed E-state index contributed by atoms with van der Waals surface area (Å²) >= 11 is 0. The molecular weight excluding hydrogens is 370 g/mol. The van der Waals surface area contributed by atoms with Gasteiger partial charge in [0.15, 0.2) is 0 Å². The number of hydrogen-bond donors (Lipinski definition) is 2. The number of rotatable bonds is 6. The molecule has 1 saturated heterocycles. The van der Waals surface area contributed by atoms with Crippen LogP contribution in [0.25, 0.3) is 11.1 Å². The molecule has 2 aromatic rings. The first-order valence-corrected chi connectivity index (χ1v) is 9.90. The highest BCUT2D eigenvalue weighted by Gasteiger charge is 2.40. The number of alkyl carbamates (subject to hydrolysis) is 1. The van der Waals surface area contributed by atoms with Gasteiger partial charge in [-0.1, -0.05) is 48.5 Å². The molecule has 6 nitrogen and oxygen atoms in total. The SMILES string of the molecule is CC(CC(=O)O)(NC(=O)OCC1c2ccccc2-c2ccccc21)C1CCOC1. The van der Waals surface area contributed by atoms with Gasteiger partial charge in [0.05, 0.1) is 18.6 Å². The largest absolute Gasteiger partial charge is 0.481 e. The number of carbonyl (C=O) groups is 2. The summed E-state index contributed by atoms with van der Waals surface area (Å²) < 4.78 is 11.0. The van der Waals surface area contributed by atoms with E-state index in [2.05, 4.69) is 29.6 Å². The van der Waals surface area contributed by atoms with Crippen LogP contribution >= 0.6 is 0 Å². The zero-order valence-electron chi connectivity index (χ0n) is 16.4. The fraction of sp³-hybridized carbons (Fsp3) is 0.391. The third kappa shape index (κ3) is 3.85. The maximum Gasteiger partial charge on any atom is 0.407 e. The van der Waals surface area contributed by atoms with Crippen molar-refractivity contribution in [1.82, 2.24) is 5.32 Å². The van der Waals surface area contributed by atoms with E-state index in [0.29, 0.717) is 19.6 Å². The molecule has 1 fully saturated rings. The molecule has 0 bridgehead atoms. The van der Waals surface area contributed by atoms with Gasteiger partial charge in [-0.3, -0.25) is 4.79 Å². The molecule has 0 saturated carbocycles. The second-order valence-corrected chi connectivity index (χ2v) is 8.00. The van der Waals surface area contributed by atoms with E-state index in [1.807, 2.05) is 24.3 Å². The summed E-state index contributed by atoms with van der Waals surface area (Å²) in [7, 11) is 0. The van der Waals surface area contributed by atoms with E-state index < -0.39 is 17.6 Å². The molecule has 2 aromatic carbocycles. The Morgan fingerprint density at radius 1 is 1.14 bits per heavy atom. The quantitative estimate of drug-likeness (QED) is 0.777. The number of carbonyl (C=O) groups excluding carboxylic acids is 1. The average Bonchev–Trinajstić information content (AvgIpc) is 3.33. The van der Waals surface area contributed by atoms with Gasteiger partial charge in [-0.05, 0) is 35.6 Å². The third-order valence-corrected chi connectivity index (χ3v) is 6.08. The maximum absolute atomic E-state index is 12.6. The molecule has 1 aliphatic carbocycles. The minimum atomic E-state index is -0.960. The molecule has 0 radical (unpaired) electrons. The first-order valence-electron chi connectivity index (χ1n) is 9.90. The van der Waals surface area contributed by atoms with Crippen molar-refractivity contribution >= 4 is 12.1 Å². The zero-order valence-corrected chi connectivity index (χ0v) is 16.4. The lowest BCUT2D eigenvalue weighted by molar-refractivity contribution is -0.139. The molecule has 2 N–H and O–H groups in total. The van der Waals surface area contributed by atoms with Gasteiger partial charge in [0.2, 0.25) is 0 Å². The van der Waals surface area contributed by atoms with Gasteiger partial charge in [0, 0.05) is 18.4 Å². The summed E-state index contributed by atoms with van der Waals surface area (Å²) in [5.41, 5.74) is 3.69. The fourth-order valence-corrected chi connectivity index (χ4v) is 4.51.